The van der Waals surface area contributed by atoms with Crippen LogP contribution in [0.25, 0.3) is 0 Å². The van der Waals surface area contributed by atoms with Crippen LogP contribution in [0.15, 0.2) is 10.8 Å². The van der Waals surface area contributed by atoms with Crippen molar-refractivity contribution in [2.24, 2.45) is 5.41 Å². The maximum atomic E-state index is 9.51. The number of hydrogen-bond donors (Lipinski definition) is 3. The molecule has 0 aliphatic heterocycles. The first-order chi connectivity index (χ1) is 8.17. The lowest BCUT2D eigenvalue weighted by atomic mass is 9.87. The normalized spacial score (nSPS) is 18.2. The summed E-state index contributed by atoms with van der Waals surface area (Å²) < 4.78 is 0.686. The Morgan fingerprint density at radius 2 is 2.12 bits per heavy atom. The van der Waals surface area contributed by atoms with Crippen molar-refractivity contribution in [3.63, 3.8) is 0 Å². The Balaban J connectivity index is 2.04. The molecular formula is C11H17BrN4O. The van der Waals surface area contributed by atoms with E-state index in [9.17, 15) is 5.11 Å². The average Bonchev–Trinajstić information content (AvgIpc) is 2.81. The zero-order chi connectivity index (χ0) is 12.3. The number of nitrogen functional groups attached to an aromatic ring is 1. The molecule has 17 heavy (non-hydrogen) atoms. The molecule has 0 amide bonds. The van der Waals surface area contributed by atoms with Crippen LogP contribution in [0.2, 0.25) is 0 Å². The molecule has 0 bridgehead atoms. The number of anilines is 2. The van der Waals surface area contributed by atoms with E-state index in [4.69, 9.17) is 5.73 Å². The van der Waals surface area contributed by atoms with Crippen molar-refractivity contribution in [2.75, 3.05) is 24.2 Å². The highest BCUT2D eigenvalue weighted by Crippen LogP contribution is 2.38. The monoisotopic (exact) mass is 300 g/mol. The molecule has 0 aromatic carbocycles. The molecule has 0 unspecified atom stereocenters. The van der Waals surface area contributed by atoms with Gasteiger partial charge in [-0.25, -0.2) is 9.97 Å². The van der Waals surface area contributed by atoms with E-state index in [1.165, 1.54) is 19.2 Å². The number of hydrogen-bond acceptors (Lipinski definition) is 5. The highest BCUT2D eigenvalue weighted by molar-refractivity contribution is 9.10. The number of rotatable bonds is 4. The lowest BCUT2D eigenvalue weighted by Crippen LogP contribution is -2.30. The number of nitrogens with zero attached hydrogens (tertiary/aromatic N) is 2. The molecular weight excluding hydrogens is 284 g/mol. The van der Waals surface area contributed by atoms with Gasteiger partial charge in [0.2, 0.25) is 0 Å². The highest BCUT2D eigenvalue weighted by atomic mass is 79.9. The Labute approximate surface area is 109 Å². The molecule has 6 heteroatoms. The maximum Gasteiger partial charge on any atom is 0.145 e. The predicted molar refractivity (Wildman–Crippen MR) is 70.6 cm³/mol. The fourth-order valence-electron chi connectivity index (χ4n) is 2.29. The Bertz CT molecular complexity index is 393. The summed E-state index contributed by atoms with van der Waals surface area (Å²) in [7, 11) is 0. The van der Waals surface area contributed by atoms with Crippen LogP contribution in [0.5, 0.6) is 0 Å². The van der Waals surface area contributed by atoms with E-state index in [1.807, 2.05) is 0 Å². The molecule has 1 aromatic heterocycles. The van der Waals surface area contributed by atoms with Crippen molar-refractivity contribution in [1.29, 1.82) is 0 Å². The first kappa shape index (κ1) is 12.6. The van der Waals surface area contributed by atoms with Crippen LogP contribution >= 0.6 is 15.9 Å². The first-order valence-corrected chi connectivity index (χ1v) is 6.57. The van der Waals surface area contributed by atoms with Gasteiger partial charge in [0, 0.05) is 12.0 Å². The van der Waals surface area contributed by atoms with E-state index < -0.39 is 0 Å². The van der Waals surface area contributed by atoms with Gasteiger partial charge in [-0.2, -0.15) is 0 Å². The van der Waals surface area contributed by atoms with E-state index in [1.54, 1.807) is 0 Å². The van der Waals surface area contributed by atoms with Gasteiger partial charge in [-0.15, -0.1) is 0 Å². The van der Waals surface area contributed by atoms with Gasteiger partial charge >= 0.3 is 0 Å². The van der Waals surface area contributed by atoms with Crippen molar-refractivity contribution in [1.82, 2.24) is 9.97 Å². The van der Waals surface area contributed by atoms with E-state index in [2.05, 4.69) is 31.2 Å². The fourth-order valence-corrected chi connectivity index (χ4v) is 2.64. The maximum absolute atomic E-state index is 9.51. The SMILES string of the molecule is Nc1ncnc(NCC2(CO)CCCC2)c1Br. The molecule has 1 aliphatic carbocycles. The molecule has 1 aliphatic rings. The zero-order valence-corrected chi connectivity index (χ0v) is 11.2. The van der Waals surface area contributed by atoms with E-state index in [-0.39, 0.29) is 12.0 Å². The molecule has 0 atom stereocenters. The number of aliphatic hydroxyl groups is 1. The van der Waals surface area contributed by atoms with Gasteiger partial charge in [0.1, 0.15) is 22.4 Å². The van der Waals surface area contributed by atoms with Crippen LogP contribution in [0.4, 0.5) is 11.6 Å². The van der Waals surface area contributed by atoms with E-state index >= 15 is 0 Å². The van der Waals surface area contributed by atoms with Crippen LogP contribution in [-0.2, 0) is 0 Å². The Morgan fingerprint density at radius 3 is 2.76 bits per heavy atom. The third-order valence-corrected chi connectivity index (χ3v) is 4.23. The first-order valence-electron chi connectivity index (χ1n) is 5.78. The number of nitrogens with one attached hydrogen (secondary N) is 1. The van der Waals surface area contributed by atoms with Crippen LogP contribution in [0.1, 0.15) is 25.7 Å². The van der Waals surface area contributed by atoms with E-state index in [0.29, 0.717) is 16.1 Å². The molecule has 1 saturated carbocycles. The van der Waals surface area contributed by atoms with Crippen molar-refractivity contribution in [3.05, 3.63) is 10.8 Å². The summed E-state index contributed by atoms with van der Waals surface area (Å²) in [4.78, 5) is 8.02. The summed E-state index contributed by atoms with van der Waals surface area (Å²) in [5.74, 6) is 1.11. The molecule has 1 aromatic rings. The second-order valence-corrected chi connectivity index (χ2v) is 5.43. The van der Waals surface area contributed by atoms with Gasteiger partial charge in [-0.1, -0.05) is 12.8 Å². The topological polar surface area (TPSA) is 84.1 Å². The largest absolute Gasteiger partial charge is 0.396 e. The van der Waals surface area contributed by atoms with Crippen LogP contribution in [-0.4, -0.2) is 28.2 Å². The van der Waals surface area contributed by atoms with Crippen molar-refractivity contribution < 1.29 is 5.11 Å². The lowest BCUT2D eigenvalue weighted by Gasteiger charge is -2.27. The second kappa shape index (κ2) is 5.18. The van der Waals surface area contributed by atoms with Gasteiger partial charge in [0.05, 0.1) is 6.61 Å². The van der Waals surface area contributed by atoms with Gasteiger partial charge in [-0.3, -0.25) is 0 Å². The molecule has 0 spiro atoms. The molecule has 0 radical (unpaired) electrons. The number of aromatic nitrogens is 2. The van der Waals surface area contributed by atoms with Gasteiger partial charge < -0.3 is 16.2 Å². The minimum atomic E-state index is -0.000841. The average molecular weight is 301 g/mol. The summed E-state index contributed by atoms with van der Waals surface area (Å²) in [5.41, 5.74) is 5.68. The lowest BCUT2D eigenvalue weighted by molar-refractivity contribution is 0.142. The second-order valence-electron chi connectivity index (χ2n) is 4.64. The standard InChI is InChI=1S/C11H17BrN4O/c12-8-9(13)15-7-16-10(8)14-5-11(6-17)3-1-2-4-11/h7,17H,1-6H2,(H3,13,14,15,16). The minimum absolute atomic E-state index is 0.000841. The Morgan fingerprint density at radius 1 is 1.41 bits per heavy atom. The van der Waals surface area contributed by atoms with Crippen LogP contribution < -0.4 is 11.1 Å². The molecule has 94 valence electrons. The molecule has 0 saturated heterocycles. The van der Waals surface area contributed by atoms with Crippen LogP contribution in [0, 0.1) is 5.41 Å². The zero-order valence-electron chi connectivity index (χ0n) is 9.62. The summed E-state index contributed by atoms with van der Waals surface area (Å²) >= 11 is 3.35. The molecule has 1 fully saturated rings. The quantitative estimate of drug-likeness (QED) is 0.789. The van der Waals surface area contributed by atoms with Crippen molar-refractivity contribution in [3.8, 4) is 0 Å². The number of nitrogens with two attached hydrogens (primary N) is 1. The molecule has 2 rings (SSSR count). The third-order valence-electron chi connectivity index (χ3n) is 3.45. The molecule has 1 heterocycles. The Kier molecular flexibility index (Phi) is 3.83. The van der Waals surface area contributed by atoms with Crippen LogP contribution in [0.3, 0.4) is 0 Å². The highest BCUT2D eigenvalue weighted by Gasteiger charge is 2.33. The van der Waals surface area contributed by atoms with E-state index in [0.717, 1.165) is 19.4 Å². The van der Waals surface area contributed by atoms with Gasteiger partial charge in [-0.05, 0) is 28.8 Å². The number of halogens is 1. The van der Waals surface area contributed by atoms with Crippen molar-refractivity contribution >= 4 is 27.6 Å². The summed E-state index contributed by atoms with van der Waals surface area (Å²) in [5, 5.41) is 12.8. The fraction of sp³-hybridized carbons (Fsp3) is 0.636. The van der Waals surface area contributed by atoms with Gasteiger partial charge in [0.15, 0.2) is 0 Å². The summed E-state index contributed by atoms with van der Waals surface area (Å²) in [6.45, 7) is 0.941. The molecule has 4 N–H and O–H groups in total. The predicted octanol–water partition coefficient (Wildman–Crippen LogP) is 1.79. The summed E-state index contributed by atoms with van der Waals surface area (Å²) in [6.07, 6.45) is 5.94. The smallest absolute Gasteiger partial charge is 0.145 e. The minimum Gasteiger partial charge on any atom is -0.396 e. The van der Waals surface area contributed by atoms with Crippen molar-refractivity contribution in [2.45, 2.75) is 25.7 Å². The third kappa shape index (κ3) is 2.69. The Hall–Kier alpha value is -0.880. The summed E-state index contributed by atoms with van der Waals surface area (Å²) in [6, 6.07) is 0. The number of aliphatic hydroxyl groups excluding tert-OH is 1. The molecule has 5 nitrogen and oxygen atoms in total. The van der Waals surface area contributed by atoms with Gasteiger partial charge in [0.25, 0.3) is 0 Å².